The highest BCUT2D eigenvalue weighted by molar-refractivity contribution is 7.94. The van der Waals surface area contributed by atoms with E-state index in [0.29, 0.717) is 11.3 Å². The van der Waals surface area contributed by atoms with Crippen LogP contribution in [0.1, 0.15) is 5.56 Å². The van der Waals surface area contributed by atoms with Gasteiger partial charge in [-0.1, -0.05) is 17.4 Å². The molecule has 20 heavy (non-hydrogen) atoms. The van der Waals surface area contributed by atoms with E-state index >= 15 is 0 Å². The number of hydrogen-bond acceptors (Lipinski definition) is 8. The molecule has 0 fully saturated rings. The Morgan fingerprint density at radius 1 is 1.40 bits per heavy atom. The van der Waals surface area contributed by atoms with E-state index in [1.807, 2.05) is 0 Å². The third-order valence-electron chi connectivity index (χ3n) is 2.40. The van der Waals surface area contributed by atoms with Gasteiger partial charge in [0.1, 0.15) is 0 Å². The molecule has 0 spiro atoms. The van der Waals surface area contributed by atoms with E-state index in [4.69, 9.17) is 5.73 Å². The molecule has 11 heteroatoms. The molecular weight excluding hydrogens is 306 g/mol. The molecule has 0 atom stereocenters. The van der Waals surface area contributed by atoms with Crippen molar-refractivity contribution in [3.8, 4) is 0 Å². The second-order valence-electron chi connectivity index (χ2n) is 3.72. The Balaban J connectivity index is 2.40. The molecule has 0 amide bonds. The molecule has 3 N–H and O–H groups in total. The zero-order valence-corrected chi connectivity index (χ0v) is 11.7. The van der Waals surface area contributed by atoms with Gasteiger partial charge in [0.2, 0.25) is 5.13 Å². The van der Waals surface area contributed by atoms with Crippen molar-refractivity contribution >= 4 is 37.9 Å². The topological polar surface area (TPSA) is 141 Å². The fraction of sp³-hybridized carbons (Fsp3) is 0.111. The summed E-state index contributed by atoms with van der Waals surface area (Å²) in [5.74, 6) is 0. The van der Waals surface area contributed by atoms with E-state index in [0.717, 1.165) is 0 Å². The van der Waals surface area contributed by atoms with Crippen molar-refractivity contribution in [2.24, 2.45) is 0 Å². The maximum Gasteiger partial charge on any atom is 0.291 e. The van der Waals surface area contributed by atoms with Crippen molar-refractivity contribution in [3.05, 3.63) is 33.9 Å². The molecule has 0 unspecified atom stereocenters. The Morgan fingerprint density at radius 3 is 2.65 bits per heavy atom. The number of rotatable bonds is 4. The maximum atomic E-state index is 12.0. The minimum atomic E-state index is -3.97. The van der Waals surface area contributed by atoms with Crippen LogP contribution in [0.2, 0.25) is 0 Å². The summed E-state index contributed by atoms with van der Waals surface area (Å²) in [6, 6.07) is 4.10. The van der Waals surface area contributed by atoms with Gasteiger partial charge in [0.05, 0.1) is 16.2 Å². The van der Waals surface area contributed by atoms with Gasteiger partial charge >= 0.3 is 0 Å². The Hall–Kier alpha value is -2.27. The summed E-state index contributed by atoms with van der Waals surface area (Å²) in [6.07, 6.45) is 0. The average molecular weight is 315 g/mol. The molecule has 1 aromatic heterocycles. The molecule has 0 saturated carbocycles. The number of anilines is 2. The molecule has 0 saturated heterocycles. The molecular formula is C9H9N5O4S2. The molecule has 1 aromatic carbocycles. The minimum Gasteiger partial charge on any atom is -0.374 e. The average Bonchev–Trinajstić information content (AvgIpc) is 2.79. The van der Waals surface area contributed by atoms with Gasteiger partial charge in [0.25, 0.3) is 20.1 Å². The number of aromatic nitrogens is 2. The van der Waals surface area contributed by atoms with Crippen molar-refractivity contribution in [2.45, 2.75) is 11.3 Å². The fourth-order valence-corrected chi connectivity index (χ4v) is 3.36. The molecule has 0 bridgehead atoms. The van der Waals surface area contributed by atoms with Crippen LogP contribution in [0.15, 0.2) is 22.5 Å². The third kappa shape index (κ3) is 2.67. The lowest BCUT2D eigenvalue weighted by Gasteiger charge is -2.08. The number of sulfonamides is 1. The van der Waals surface area contributed by atoms with Gasteiger partial charge in [-0.15, -0.1) is 10.2 Å². The van der Waals surface area contributed by atoms with Crippen LogP contribution in [0.4, 0.5) is 16.5 Å². The van der Waals surface area contributed by atoms with Crippen LogP contribution in [0.5, 0.6) is 0 Å². The number of benzene rings is 1. The maximum absolute atomic E-state index is 12.0. The van der Waals surface area contributed by atoms with E-state index in [1.165, 1.54) is 25.1 Å². The van der Waals surface area contributed by atoms with E-state index in [9.17, 15) is 18.5 Å². The van der Waals surface area contributed by atoms with Gasteiger partial charge in [-0.2, -0.15) is 8.42 Å². The predicted octanol–water partition coefficient (Wildman–Crippen LogP) is 1.14. The smallest absolute Gasteiger partial charge is 0.291 e. The van der Waals surface area contributed by atoms with Gasteiger partial charge in [-0.25, -0.2) is 0 Å². The standard InChI is InChI=1S/C9H9N5O4S2/c1-5-6(3-2-4-7(5)14(15)16)13-20(17,18)9-12-11-8(10)19-9/h2-4,13H,1H3,(H2,10,11). The first kappa shape index (κ1) is 14.1. The number of nitro groups is 1. The second-order valence-corrected chi connectivity index (χ2v) is 6.58. The largest absolute Gasteiger partial charge is 0.374 e. The molecule has 0 aliphatic carbocycles. The number of nitrogens with one attached hydrogen (secondary N) is 1. The molecule has 1 heterocycles. The van der Waals surface area contributed by atoms with Crippen molar-refractivity contribution in [3.63, 3.8) is 0 Å². The van der Waals surface area contributed by atoms with E-state index in [2.05, 4.69) is 14.9 Å². The van der Waals surface area contributed by atoms with Crippen LogP contribution in [0, 0.1) is 17.0 Å². The van der Waals surface area contributed by atoms with E-state index in [1.54, 1.807) is 0 Å². The summed E-state index contributed by atoms with van der Waals surface area (Å²) in [7, 11) is -3.97. The van der Waals surface area contributed by atoms with Crippen molar-refractivity contribution in [2.75, 3.05) is 10.5 Å². The molecule has 9 nitrogen and oxygen atoms in total. The van der Waals surface area contributed by atoms with E-state index < -0.39 is 14.9 Å². The first-order valence-electron chi connectivity index (χ1n) is 5.17. The zero-order chi connectivity index (χ0) is 14.9. The first-order valence-corrected chi connectivity index (χ1v) is 7.47. The number of hydrogen-bond donors (Lipinski definition) is 2. The molecule has 0 aliphatic heterocycles. The normalized spacial score (nSPS) is 11.2. The van der Waals surface area contributed by atoms with E-state index in [-0.39, 0.29) is 26.4 Å². The summed E-state index contributed by atoms with van der Waals surface area (Å²) < 4.78 is 26.0. The second kappa shape index (κ2) is 5.02. The van der Waals surface area contributed by atoms with Crippen LogP contribution >= 0.6 is 11.3 Å². The number of nitro benzene ring substituents is 1. The van der Waals surface area contributed by atoms with Crippen LogP contribution in [-0.4, -0.2) is 23.5 Å². The summed E-state index contributed by atoms with van der Waals surface area (Å²) in [5, 5.41) is 17.7. The minimum absolute atomic E-state index is 0.0149. The summed E-state index contributed by atoms with van der Waals surface area (Å²) in [5.41, 5.74) is 5.46. The summed E-state index contributed by atoms with van der Waals surface area (Å²) in [6.45, 7) is 1.45. The Bertz CT molecular complexity index is 770. The zero-order valence-electron chi connectivity index (χ0n) is 10.1. The van der Waals surface area contributed by atoms with Gasteiger partial charge < -0.3 is 5.73 Å². The van der Waals surface area contributed by atoms with Gasteiger partial charge in [-0.05, 0) is 13.0 Å². The number of nitrogens with zero attached hydrogens (tertiary/aromatic N) is 3. The molecule has 106 valence electrons. The lowest BCUT2D eigenvalue weighted by atomic mass is 10.2. The number of nitrogen functional groups attached to an aromatic ring is 1. The van der Waals surface area contributed by atoms with Gasteiger partial charge in [0, 0.05) is 6.07 Å². The quantitative estimate of drug-likeness (QED) is 0.636. The highest BCUT2D eigenvalue weighted by atomic mass is 32.2. The highest BCUT2D eigenvalue weighted by Crippen LogP contribution is 2.27. The van der Waals surface area contributed by atoms with Crippen LogP contribution in [0.25, 0.3) is 0 Å². The Labute approximate surface area is 117 Å². The lowest BCUT2D eigenvalue weighted by molar-refractivity contribution is -0.385. The van der Waals surface area contributed by atoms with Crippen molar-refractivity contribution in [1.29, 1.82) is 0 Å². The van der Waals surface area contributed by atoms with Gasteiger partial charge in [0.15, 0.2) is 0 Å². The van der Waals surface area contributed by atoms with Crippen LogP contribution < -0.4 is 10.5 Å². The fourth-order valence-electron chi connectivity index (χ4n) is 1.45. The monoisotopic (exact) mass is 315 g/mol. The molecule has 2 rings (SSSR count). The molecule has 0 aliphatic rings. The van der Waals surface area contributed by atoms with Crippen LogP contribution in [0.3, 0.4) is 0 Å². The molecule has 0 radical (unpaired) electrons. The predicted molar refractivity (Wildman–Crippen MR) is 73.0 cm³/mol. The Morgan fingerprint density at radius 2 is 2.10 bits per heavy atom. The summed E-state index contributed by atoms with van der Waals surface area (Å²) in [4.78, 5) is 10.2. The van der Waals surface area contributed by atoms with Crippen LogP contribution in [-0.2, 0) is 10.0 Å². The highest BCUT2D eigenvalue weighted by Gasteiger charge is 2.22. The summed E-state index contributed by atoms with van der Waals surface area (Å²) >= 11 is 0.702. The van der Waals surface area contributed by atoms with Gasteiger partial charge in [-0.3, -0.25) is 14.8 Å². The number of nitrogens with two attached hydrogens (primary N) is 1. The first-order chi connectivity index (χ1) is 9.31. The lowest BCUT2D eigenvalue weighted by Crippen LogP contribution is -2.14. The van der Waals surface area contributed by atoms with Crippen molar-refractivity contribution in [1.82, 2.24) is 10.2 Å². The molecule has 2 aromatic rings. The third-order valence-corrected chi connectivity index (χ3v) is 4.88. The van der Waals surface area contributed by atoms with Crippen molar-refractivity contribution < 1.29 is 13.3 Å². The Kier molecular flexibility index (Phi) is 3.55. The SMILES string of the molecule is Cc1c(NS(=O)(=O)c2nnc(N)s2)cccc1[N+](=O)[O-].